The summed E-state index contributed by atoms with van der Waals surface area (Å²) < 4.78 is 80.8. The van der Waals surface area contributed by atoms with Crippen LogP contribution in [0.2, 0.25) is 10.0 Å². The number of aromatic nitrogens is 2. The van der Waals surface area contributed by atoms with Crippen molar-refractivity contribution in [1.82, 2.24) is 9.97 Å². The third-order valence-electron chi connectivity index (χ3n) is 5.46. The van der Waals surface area contributed by atoms with Crippen LogP contribution in [0, 0.1) is 0 Å². The van der Waals surface area contributed by atoms with Gasteiger partial charge in [-0.3, -0.25) is 19.1 Å². The van der Waals surface area contributed by atoms with Gasteiger partial charge in [-0.1, -0.05) is 23.2 Å². The van der Waals surface area contributed by atoms with Crippen LogP contribution < -0.4 is 22.2 Å². The van der Waals surface area contributed by atoms with Gasteiger partial charge in [0.25, 0.3) is 0 Å². The predicted molar refractivity (Wildman–Crippen MR) is 143 cm³/mol. The van der Waals surface area contributed by atoms with E-state index >= 15 is 0 Å². The summed E-state index contributed by atoms with van der Waals surface area (Å²) in [5.74, 6) is -0.773. The van der Waals surface area contributed by atoms with Crippen LogP contribution in [0.25, 0.3) is 45.1 Å². The van der Waals surface area contributed by atoms with Crippen LogP contribution in [0.5, 0.6) is 0 Å². The minimum Gasteiger partial charge on any atom is -0.450 e. The molecule has 1 aromatic carbocycles. The summed E-state index contributed by atoms with van der Waals surface area (Å²) in [5.41, 5.74) is 10.6. The lowest BCUT2D eigenvalue weighted by molar-refractivity contribution is 0.474. The highest BCUT2D eigenvalue weighted by Crippen LogP contribution is 2.42. The van der Waals surface area contributed by atoms with Crippen LogP contribution in [0.1, 0.15) is 13.8 Å². The Balaban J connectivity index is 1.98. The predicted octanol–water partition coefficient (Wildman–Crippen LogP) is 2.39. The zero-order chi connectivity index (χ0) is 29.3. The fraction of sp³-hybridized carbons (Fsp3) is 0.182. The average molecular weight is 629 g/mol. The lowest BCUT2D eigenvalue weighted by atomic mass is 10.2. The van der Waals surface area contributed by atoms with Gasteiger partial charge in [-0.2, -0.15) is 16.8 Å². The van der Waals surface area contributed by atoms with Gasteiger partial charge >= 0.3 is 20.2 Å². The smallest absolute Gasteiger partial charge is 0.300 e. The molecule has 6 N–H and O–H groups in total. The van der Waals surface area contributed by atoms with Crippen LogP contribution in [-0.4, -0.2) is 48.2 Å². The minimum atomic E-state index is -4.89. The van der Waals surface area contributed by atoms with Crippen LogP contribution >= 0.6 is 23.2 Å². The molecule has 4 aliphatic rings. The number of benzene rings is 3. The Morgan fingerprint density at radius 2 is 1.10 bits per heavy atom. The molecule has 18 heteroatoms. The molecular weight excluding hydrogens is 611 g/mol. The molecule has 2 aliphatic carbocycles. The molecule has 2 unspecified atom stereocenters. The van der Waals surface area contributed by atoms with Crippen molar-refractivity contribution in [3.8, 4) is 22.9 Å². The molecule has 0 radical (unpaired) electrons. The van der Waals surface area contributed by atoms with Gasteiger partial charge in [0.2, 0.25) is 0 Å². The van der Waals surface area contributed by atoms with Crippen molar-refractivity contribution < 1.29 is 34.8 Å². The second-order valence-corrected chi connectivity index (χ2v) is 12.1. The molecule has 0 saturated carbocycles. The van der Waals surface area contributed by atoms with E-state index in [0.717, 1.165) is 0 Å². The third kappa shape index (κ3) is 4.82. The molecule has 40 heavy (non-hydrogen) atoms. The normalized spacial score (nSPS) is 15.5. The van der Waals surface area contributed by atoms with E-state index in [1.807, 2.05) is 0 Å². The Hall–Kier alpha value is -3.22. The molecule has 0 fully saturated rings. The maximum Gasteiger partial charge on any atom is 0.300 e. The average Bonchev–Trinajstić information content (AvgIpc) is 2.83. The van der Waals surface area contributed by atoms with E-state index in [-0.39, 0.29) is 65.9 Å². The van der Waals surface area contributed by atoms with Gasteiger partial charge in [-0.15, -0.1) is 0 Å². The van der Waals surface area contributed by atoms with E-state index in [9.17, 15) is 25.9 Å². The van der Waals surface area contributed by atoms with Crippen molar-refractivity contribution >= 4 is 65.6 Å². The van der Waals surface area contributed by atoms with Crippen LogP contribution in [-0.2, 0) is 20.2 Å². The molecule has 0 saturated heterocycles. The Kier molecular flexibility index (Phi) is 6.87. The lowest BCUT2D eigenvalue weighted by Crippen LogP contribution is -2.23. The van der Waals surface area contributed by atoms with E-state index in [0.29, 0.717) is 0 Å². The summed E-state index contributed by atoms with van der Waals surface area (Å²) in [7, 11) is -9.78. The summed E-state index contributed by atoms with van der Waals surface area (Å²) in [6, 6.07) is 5.25. The van der Waals surface area contributed by atoms with Crippen molar-refractivity contribution in [2.24, 2.45) is 21.5 Å². The molecule has 5 rings (SSSR count). The summed E-state index contributed by atoms with van der Waals surface area (Å²) in [6.07, 6.45) is -1.64. The van der Waals surface area contributed by atoms with Crippen molar-refractivity contribution in [3.05, 3.63) is 45.0 Å². The fourth-order valence-electron chi connectivity index (χ4n) is 4.05. The monoisotopic (exact) mass is 628 g/mol. The summed E-state index contributed by atoms with van der Waals surface area (Å²) in [6.45, 7) is 2.99. The highest BCUT2D eigenvalue weighted by Gasteiger charge is 2.30. The fourth-order valence-corrected chi connectivity index (χ4v) is 6.09. The first-order chi connectivity index (χ1) is 18.6. The van der Waals surface area contributed by atoms with E-state index in [1.165, 1.54) is 38.1 Å². The number of nitrogens with zero attached hydrogens (tertiary/aromatic N) is 4. The molecule has 0 spiro atoms. The zero-order valence-electron chi connectivity index (χ0n) is 20.3. The third-order valence-corrected chi connectivity index (χ3v) is 7.98. The molecule has 2 aliphatic heterocycles. The molecule has 1 aromatic rings. The summed E-state index contributed by atoms with van der Waals surface area (Å²) >= 11 is 13.2. The molecule has 2 atom stereocenters. The topological polar surface area (TPSA) is 238 Å². The van der Waals surface area contributed by atoms with Gasteiger partial charge in [-0.25, -0.2) is 9.97 Å². The highest BCUT2D eigenvalue weighted by atomic mass is 35.5. The van der Waals surface area contributed by atoms with E-state index in [1.54, 1.807) is 0 Å². The van der Waals surface area contributed by atoms with Gasteiger partial charge in [-0.05, 0) is 38.1 Å². The maximum atomic E-state index is 12.3. The van der Waals surface area contributed by atoms with Crippen molar-refractivity contribution in [1.29, 1.82) is 0 Å². The lowest BCUT2D eigenvalue weighted by Gasteiger charge is -2.15. The number of halogens is 2. The number of hydrogen-bond donors (Lipinski definition) is 4. The summed E-state index contributed by atoms with van der Waals surface area (Å²) in [5, 5.41) is -0.823. The molecule has 210 valence electrons. The molecular formula is C22H18Cl2N6O8S2. The molecule has 2 heterocycles. The largest absolute Gasteiger partial charge is 0.450 e. The molecule has 0 amide bonds. The summed E-state index contributed by atoms with van der Waals surface area (Å²) in [4.78, 5) is 15.3. The number of hydrogen-bond acceptors (Lipinski definition) is 12. The molecule has 0 bridgehead atoms. The van der Waals surface area contributed by atoms with E-state index in [4.69, 9.17) is 43.5 Å². The van der Waals surface area contributed by atoms with Crippen LogP contribution in [0.4, 0.5) is 0 Å². The Bertz CT molecular complexity index is 2000. The van der Waals surface area contributed by atoms with E-state index < -0.39 is 42.4 Å². The number of rotatable bonds is 4. The minimum absolute atomic E-state index is 0.0635. The highest BCUT2D eigenvalue weighted by molar-refractivity contribution is 7.86. The van der Waals surface area contributed by atoms with Gasteiger partial charge in [0, 0.05) is 0 Å². The van der Waals surface area contributed by atoms with Crippen molar-refractivity contribution in [2.75, 3.05) is 0 Å². The zero-order valence-corrected chi connectivity index (χ0v) is 23.5. The van der Waals surface area contributed by atoms with Gasteiger partial charge < -0.3 is 20.3 Å². The number of fused-ring (bicyclic) bond motifs is 4. The Morgan fingerprint density at radius 3 is 1.40 bits per heavy atom. The number of nitrogens with two attached hydrogens (primary N) is 2. The van der Waals surface area contributed by atoms with Crippen molar-refractivity contribution in [3.63, 3.8) is 0 Å². The van der Waals surface area contributed by atoms with Gasteiger partial charge in [0.05, 0.1) is 23.0 Å². The van der Waals surface area contributed by atoms with Crippen LogP contribution in [0.15, 0.2) is 52.9 Å². The first kappa shape index (κ1) is 28.3. The first-order valence-electron chi connectivity index (χ1n) is 11.1. The van der Waals surface area contributed by atoms with Gasteiger partial charge in [0.1, 0.15) is 32.5 Å². The van der Waals surface area contributed by atoms with Gasteiger partial charge in [0.15, 0.2) is 32.5 Å². The second-order valence-electron chi connectivity index (χ2n) is 8.62. The standard InChI is InChI=1S/C22H18Cl2N6O8S2/c1-7(25)27-11-5-3-9-17(21(11)39(31,32)33)37-19-13(23)16-20(14(24)15(19)29-9)38-18-10(30-16)4-6-12(28-8(2)26)22(18)40(34,35)36/h3-8H,25-26H2,1-2H3,(H,31,32,33)(H,34,35,36)/b27-11-,28-12-. The first-order valence-corrected chi connectivity index (χ1v) is 14.8. The Morgan fingerprint density at radius 1 is 0.750 bits per heavy atom. The van der Waals surface area contributed by atoms with E-state index in [2.05, 4.69) is 20.0 Å². The molecule has 14 nitrogen and oxygen atoms in total. The van der Waals surface area contributed by atoms with Crippen molar-refractivity contribution in [2.45, 2.75) is 36.0 Å². The SMILES string of the molecule is CC(N)/N=c1/ccc2nc3c(Cl)c4oc5c(S(=O)(=O)O)/c(=N\C(C)N)ccc-5nc4c(Cl)c3oc-2c1S(=O)(=O)O. The molecule has 0 aromatic heterocycles. The Labute approximate surface area is 235 Å². The quantitative estimate of drug-likeness (QED) is 0.166. The second kappa shape index (κ2) is 9.71. The maximum absolute atomic E-state index is 12.3. The van der Waals surface area contributed by atoms with Crippen LogP contribution in [0.3, 0.4) is 0 Å².